The molecular weight excluding hydrogens is 229 g/mol. The smallest absolute Gasteiger partial charge is 0.151 e. The van der Waals surface area contributed by atoms with Crippen LogP contribution in [0.4, 0.5) is 4.39 Å². The highest BCUT2D eigenvalue weighted by Gasteiger charge is 2.19. The lowest BCUT2D eigenvalue weighted by atomic mass is 9.85. The molecule has 1 aromatic carbocycles. The number of nitrogens with zero attached hydrogens (tertiary/aromatic N) is 1. The molecule has 1 saturated carbocycles. The largest absolute Gasteiger partial charge is 0.299 e. The van der Waals surface area contributed by atoms with E-state index in [1.165, 1.54) is 31.4 Å². The van der Waals surface area contributed by atoms with E-state index in [0.717, 1.165) is 18.0 Å². The zero-order valence-corrected chi connectivity index (χ0v) is 10.9. The van der Waals surface area contributed by atoms with Gasteiger partial charge < -0.3 is 0 Å². The van der Waals surface area contributed by atoms with E-state index in [1.807, 2.05) is 7.05 Å². The summed E-state index contributed by atoms with van der Waals surface area (Å²) < 4.78 is 12.7. The fourth-order valence-corrected chi connectivity index (χ4v) is 2.37. The van der Waals surface area contributed by atoms with Crippen molar-refractivity contribution < 1.29 is 9.18 Å². The summed E-state index contributed by atoms with van der Waals surface area (Å²) in [5.41, 5.74) is 0.887. The van der Waals surface area contributed by atoms with Gasteiger partial charge in [0.15, 0.2) is 5.78 Å². The zero-order chi connectivity index (χ0) is 13.0. The maximum Gasteiger partial charge on any atom is 0.151 e. The van der Waals surface area contributed by atoms with E-state index >= 15 is 0 Å². The van der Waals surface area contributed by atoms with Gasteiger partial charge in [-0.1, -0.05) is 18.6 Å². The predicted molar refractivity (Wildman–Crippen MR) is 69.9 cm³/mol. The molecule has 0 heterocycles. The molecule has 0 bridgehead atoms. The molecule has 18 heavy (non-hydrogen) atoms. The average Bonchev–Trinajstić information content (AvgIpc) is 2.27. The third-order valence-electron chi connectivity index (χ3n) is 3.56. The highest BCUT2D eigenvalue weighted by atomic mass is 19.1. The molecule has 1 fully saturated rings. The van der Waals surface area contributed by atoms with Crippen LogP contribution in [0.15, 0.2) is 24.3 Å². The van der Waals surface area contributed by atoms with E-state index in [4.69, 9.17) is 0 Å². The van der Waals surface area contributed by atoms with Crippen LogP contribution in [-0.4, -0.2) is 30.8 Å². The fourth-order valence-electron chi connectivity index (χ4n) is 2.37. The first kappa shape index (κ1) is 13.2. The standard InChI is InChI=1S/C15H20FNO/c1-17(10-13-3-2-4-13)11-15(18)9-12-5-7-14(16)8-6-12/h5-8,13H,2-4,9-11H2,1H3. The highest BCUT2D eigenvalue weighted by Crippen LogP contribution is 2.26. The van der Waals surface area contributed by atoms with Gasteiger partial charge in [-0.25, -0.2) is 4.39 Å². The van der Waals surface area contributed by atoms with Crippen LogP contribution >= 0.6 is 0 Å². The van der Waals surface area contributed by atoms with Crippen molar-refractivity contribution in [1.29, 1.82) is 0 Å². The first-order chi connectivity index (χ1) is 8.63. The van der Waals surface area contributed by atoms with Crippen molar-refractivity contribution in [1.82, 2.24) is 4.90 Å². The van der Waals surface area contributed by atoms with E-state index in [9.17, 15) is 9.18 Å². The van der Waals surface area contributed by atoms with Gasteiger partial charge in [0.2, 0.25) is 0 Å². The maximum atomic E-state index is 12.7. The van der Waals surface area contributed by atoms with Crippen LogP contribution in [-0.2, 0) is 11.2 Å². The number of Topliss-reactive ketones (excluding diaryl/α,β-unsaturated/α-hetero) is 1. The summed E-state index contributed by atoms with van der Waals surface area (Å²) in [4.78, 5) is 14.0. The molecule has 1 aromatic rings. The second-order valence-electron chi connectivity index (χ2n) is 5.34. The fraction of sp³-hybridized carbons (Fsp3) is 0.533. The Labute approximate surface area is 108 Å². The van der Waals surface area contributed by atoms with Crippen molar-refractivity contribution >= 4 is 5.78 Å². The van der Waals surface area contributed by atoms with Gasteiger partial charge in [-0.15, -0.1) is 0 Å². The van der Waals surface area contributed by atoms with Crippen LogP contribution in [0.2, 0.25) is 0 Å². The van der Waals surface area contributed by atoms with Crippen LogP contribution in [0, 0.1) is 11.7 Å². The van der Waals surface area contributed by atoms with E-state index in [0.29, 0.717) is 13.0 Å². The summed E-state index contributed by atoms with van der Waals surface area (Å²) in [5, 5.41) is 0. The van der Waals surface area contributed by atoms with Crippen LogP contribution in [0.3, 0.4) is 0 Å². The molecule has 1 aliphatic carbocycles. The first-order valence-electron chi connectivity index (χ1n) is 6.58. The Kier molecular flexibility index (Phi) is 4.48. The Hall–Kier alpha value is -1.22. The number of ketones is 1. The molecule has 1 aliphatic rings. The molecule has 0 unspecified atom stereocenters. The Bertz CT molecular complexity index is 397. The SMILES string of the molecule is CN(CC(=O)Cc1ccc(F)cc1)CC1CCC1. The molecule has 0 amide bonds. The van der Waals surface area contributed by atoms with Crippen molar-refractivity contribution in [3.05, 3.63) is 35.6 Å². The van der Waals surface area contributed by atoms with E-state index in [-0.39, 0.29) is 11.6 Å². The number of hydrogen-bond donors (Lipinski definition) is 0. The van der Waals surface area contributed by atoms with Gasteiger partial charge in [0, 0.05) is 13.0 Å². The number of carbonyl (C=O) groups excluding carboxylic acids is 1. The second kappa shape index (κ2) is 6.10. The molecule has 98 valence electrons. The number of carbonyl (C=O) groups is 1. The second-order valence-corrected chi connectivity index (χ2v) is 5.34. The lowest BCUT2D eigenvalue weighted by Gasteiger charge is -2.29. The lowest BCUT2D eigenvalue weighted by molar-refractivity contribution is -0.119. The molecule has 0 radical (unpaired) electrons. The minimum absolute atomic E-state index is 0.198. The molecule has 0 aliphatic heterocycles. The quantitative estimate of drug-likeness (QED) is 0.772. The molecule has 2 nitrogen and oxygen atoms in total. The van der Waals surface area contributed by atoms with Crippen molar-refractivity contribution in [3.8, 4) is 0 Å². The van der Waals surface area contributed by atoms with Gasteiger partial charge in [-0.3, -0.25) is 9.69 Å². The van der Waals surface area contributed by atoms with Gasteiger partial charge >= 0.3 is 0 Å². The van der Waals surface area contributed by atoms with E-state index in [2.05, 4.69) is 4.90 Å². The van der Waals surface area contributed by atoms with Gasteiger partial charge in [-0.05, 0) is 43.5 Å². The molecule has 3 heteroatoms. The van der Waals surface area contributed by atoms with Crippen molar-refractivity contribution in [2.24, 2.45) is 5.92 Å². The molecular formula is C15H20FNO. The van der Waals surface area contributed by atoms with Crippen molar-refractivity contribution in [2.45, 2.75) is 25.7 Å². The monoisotopic (exact) mass is 249 g/mol. The minimum atomic E-state index is -0.256. The third kappa shape index (κ3) is 3.91. The summed E-state index contributed by atoms with van der Waals surface area (Å²) in [7, 11) is 2.00. The Balaban J connectivity index is 1.75. The summed E-state index contributed by atoms with van der Waals surface area (Å²) in [5.74, 6) is 0.727. The molecule has 2 rings (SSSR count). The predicted octanol–water partition coefficient (Wildman–Crippen LogP) is 2.67. The molecule has 0 saturated heterocycles. The normalized spacial score (nSPS) is 15.7. The molecule has 0 spiro atoms. The van der Waals surface area contributed by atoms with Crippen LogP contribution in [0.1, 0.15) is 24.8 Å². The van der Waals surface area contributed by atoms with Crippen molar-refractivity contribution in [2.75, 3.05) is 20.1 Å². The molecule has 0 N–H and O–H groups in total. The Morgan fingerprint density at radius 1 is 1.33 bits per heavy atom. The molecule has 0 aromatic heterocycles. The van der Waals surface area contributed by atoms with E-state index in [1.54, 1.807) is 12.1 Å². The third-order valence-corrected chi connectivity index (χ3v) is 3.56. The number of halogens is 1. The Morgan fingerprint density at radius 3 is 2.56 bits per heavy atom. The number of likely N-dealkylation sites (N-methyl/N-ethyl adjacent to an activating group) is 1. The van der Waals surface area contributed by atoms with Gasteiger partial charge in [0.25, 0.3) is 0 Å². The van der Waals surface area contributed by atoms with Gasteiger partial charge in [-0.2, -0.15) is 0 Å². The number of benzene rings is 1. The summed E-state index contributed by atoms with van der Waals surface area (Å²) in [6, 6.07) is 6.17. The lowest BCUT2D eigenvalue weighted by Crippen LogP contribution is -2.33. The van der Waals surface area contributed by atoms with Crippen molar-refractivity contribution in [3.63, 3.8) is 0 Å². The maximum absolute atomic E-state index is 12.7. The Morgan fingerprint density at radius 2 is 2.00 bits per heavy atom. The highest BCUT2D eigenvalue weighted by molar-refractivity contribution is 5.82. The summed E-state index contributed by atoms with van der Waals surface area (Å²) >= 11 is 0. The van der Waals surface area contributed by atoms with Crippen LogP contribution in [0.25, 0.3) is 0 Å². The summed E-state index contributed by atoms with van der Waals surface area (Å²) in [6.07, 6.45) is 4.34. The number of hydrogen-bond acceptors (Lipinski definition) is 2. The topological polar surface area (TPSA) is 20.3 Å². The minimum Gasteiger partial charge on any atom is -0.299 e. The van der Waals surface area contributed by atoms with Gasteiger partial charge in [0.1, 0.15) is 5.82 Å². The van der Waals surface area contributed by atoms with Crippen LogP contribution < -0.4 is 0 Å². The number of rotatable bonds is 6. The van der Waals surface area contributed by atoms with Crippen LogP contribution in [0.5, 0.6) is 0 Å². The molecule has 0 atom stereocenters. The zero-order valence-electron chi connectivity index (χ0n) is 10.9. The van der Waals surface area contributed by atoms with E-state index < -0.39 is 0 Å². The summed E-state index contributed by atoms with van der Waals surface area (Å²) in [6.45, 7) is 1.52. The average molecular weight is 249 g/mol. The first-order valence-corrected chi connectivity index (χ1v) is 6.58. The van der Waals surface area contributed by atoms with Gasteiger partial charge in [0.05, 0.1) is 6.54 Å².